The molecule has 0 bridgehead atoms. The second kappa shape index (κ2) is 7.45. The zero-order valence-corrected chi connectivity index (χ0v) is 10.9. The second-order valence-corrected chi connectivity index (χ2v) is 4.42. The lowest BCUT2D eigenvalue weighted by atomic mass is 10.2. The summed E-state index contributed by atoms with van der Waals surface area (Å²) in [4.78, 5) is 14.1. The highest BCUT2D eigenvalue weighted by Gasteiger charge is 2.36. The van der Waals surface area contributed by atoms with E-state index in [4.69, 9.17) is 9.47 Å². The molecule has 4 heteroatoms. The molecule has 0 aromatic heterocycles. The first-order valence-corrected chi connectivity index (χ1v) is 6.14. The van der Waals surface area contributed by atoms with E-state index in [1.165, 1.54) is 0 Å². The minimum Gasteiger partial charge on any atom is -0.383 e. The number of methoxy groups -OCH3 is 2. The summed E-state index contributed by atoms with van der Waals surface area (Å²) in [5.41, 5.74) is 0. The predicted molar refractivity (Wildman–Crippen MR) is 66.8 cm³/mol. The van der Waals surface area contributed by atoms with E-state index in [9.17, 15) is 4.79 Å². The molecule has 1 fully saturated rings. The molecule has 1 aliphatic rings. The van der Waals surface area contributed by atoms with E-state index < -0.39 is 0 Å². The number of hydrogen-bond donors (Lipinski definition) is 0. The van der Waals surface area contributed by atoms with Crippen LogP contribution < -0.4 is 0 Å². The van der Waals surface area contributed by atoms with Gasteiger partial charge in [-0.2, -0.15) is 0 Å². The van der Waals surface area contributed by atoms with Gasteiger partial charge in [0.05, 0.1) is 25.3 Å². The monoisotopic (exact) mass is 241 g/mol. The Morgan fingerprint density at radius 1 is 1.29 bits per heavy atom. The van der Waals surface area contributed by atoms with Crippen LogP contribution in [0.4, 0.5) is 0 Å². The van der Waals surface area contributed by atoms with E-state index in [2.05, 4.69) is 6.58 Å². The highest BCUT2D eigenvalue weighted by Crippen LogP contribution is 2.25. The van der Waals surface area contributed by atoms with Crippen LogP contribution in [0.5, 0.6) is 0 Å². The van der Waals surface area contributed by atoms with Crippen molar-refractivity contribution in [2.45, 2.75) is 37.8 Å². The first kappa shape index (κ1) is 14.2. The molecule has 17 heavy (non-hydrogen) atoms. The second-order valence-electron chi connectivity index (χ2n) is 4.42. The van der Waals surface area contributed by atoms with Crippen LogP contribution in [0.3, 0.4) is 0 Å². The Bertz CT molecular complexity index is 241. The molecule has 1 rings (SSSR count). The number of hydrogen-bond acceptors (Lipinski definition) is 3. The van der Waals surface area contributed by atoms with Crippen molar-refractivity contribution in [2.24, 2.45) is 0 Å². The normalized spacial score (nSPS) is 24.0. The van der Waals surface area contributed by atoms with Crippen LogP contribution in [0.1, 0.15) is 25.7 Å². The van der Waals surface area contributed by atoms with Crippen molar-refractivity contribution in [2.75, 3.05) is 27.4 Å². The Morgan fingerprint density at radius 3 is 2.24 bits per heavy atom. The van der Waals surface area contributed by atoms with Gasteiger partial charge in [0.15, 0.2) is 0 Å². The fourth-order valence-corrected chi connectivity index (χ4v) is 2.44. The lowest BCUT2D eigenvalue weighted by Crippen LogP contribution is -2.44. The van der Waals surface area contributed by atoms with Gasteiger partial charge in [-0.1, -0.05) is 6.08 Å². The van der Waals surface area contributed by atoms with Gasteiger partial charge in [-0.3, -0.25) is 4.79 Å². The molecule has 0 unspecified atom stereocenters. The SMILES string of the molecule is C=CCCC(=O)N1[C@@H](COC)CC[C@@H]1COC. The number of ether oxygens (including phenoxy) is 2. The molecule has 98 valence electrons. The van der Waals surface area contributed by atoms with Gasteiger partial charge >= 0.3 is 0 Å². The van der Waals surface area contributed by atoms with E-state index in [0.717, 1.165) is 19.3 Å². The molecular formula is C13H23NO3. The van der Waals surface area contributed by atoms with Gasteiger partial charge < -0.3 is 14.4 Å². The average Bonchev–Trinajstić information content (AvgIpc) is 2.70. The van der Waals surface area contributed by atoms with E-state index in [1.807, 2.05) is 4.90 Å². The van der Waals surface area contributed by atoms with E-state index in [-0.39, 0.29) is 18.0 Å². The third-order valence-corrected chi connectivity index (χ3v) is 3.19. The summed E-state index contributed by atoms with van der Waals surface area (Å²) in [6, 6.07) is 0.412. The third kappa shape index (κ3) is 3.82. The van der Waals surface area contributed by atoms with Crippen LogP contribution in [0.2, 0.25) is 0 Å². The molecule has 0 spiro atoms. The van der Waals surface area contributed by atoms with Crippen molar-refractivity contribution in [1.82, 2.24) is 4.90 Å². The third-order valence-electron chi connectivity index (χ3n) is 3.19. The van der Waals surface area contributed by atoms with Gasteiger partial charge in [0, 0.05) is 20.6 Å². The number of carbonyl (C=O) groups is 1. The van der Waals surface area contributed by atoms with E-state index in [1.54, 1.807) is 20.3 Å². The smallest absolute Gasteiger partial charge is 0.223 e. The Morgan fingerprint density at radius 2 is 1.82 bits per heavy atom. The van der Waals surface area contributed by atoms with Crippen LogP contribution in [-0.2, 0) is 14.3 Å². The summed E-state index contributed by atoms with van der Waals surface area (Å²) < 4.78 is 10.4. The lowest BCUT2D eigenvalue weighted by molar-refractivity contribution is -0.136. The van der Waals surface area contributed by atoms with Crippen molar-refractivity contribution >= 4 is 5.91 Å². The topological polar surface area (TPSA) is 38.8 Å². The molecule has 1 heterocycles. The van der Waals surface area contributed by atoms with Gasteiger partial charge in [0.25, 0.3) is 0 Å². The summed E-state index contributed by atoms with van der Waals surface area (Å²) in [5.74, 6) is 0.187. The number of allylic oxidation sites excluding steroid dienone is 1. The van der Waals surface area contributed by atoms with Crippen molar-refractivity contribution in [1.29, 1.82) is 0 Å². The number of amides is 1. The highest BCUT2D eigenvalue weighted by atomic mass is 16.5. The maximum absolute atomic E-state index is 12.1. The van der Waals surface area contributed by atoms with Gasteiger partial charge in [0.1, 0.15) is 0 Å². The molecule has 1 saturated heterocycles. The molecule has 2 atom stereocenters. The predicted octanol–water partition coefficient (Wildman–Crippen LogP) is 1.60. The summed E-state index contributed by atoms with van der Waals surface area (Å²) >= 11 is 0. The van der Waals surface area contributed by atoms with E-state index >= 15 is 0 Å². The molecule has 0 radical (unpaired) electrons. The largest absolute Gasteiger partial charge is 0.383 e. The molecule has 0 aromatic rings. The summed E-state index contributed by atoms with van der Waals surface area (Å²) in [7, 11) is 3.35. The number of nitrogens with zero attached hydrogens (tertiary/aromatic N) is 1. The van der Waals surface area contributed by atoms with Crippen LogP contribution in [0, 0.1) is 0 Å². The van der Waals surface area contributed by atoms with Crippen molar-refractivity contribution in [3.63, 3.8) is 0 Å². The molecule has 1 amide bonds. The van der Waals surface area contributed by atoms with Crippen LogP contribution >= 0.6 is 0 Å². The average molecular weight is 241 g/mol. The van der Waals surface area contributed by atoms with Gasteiger partial charge in [-0.05, 0) is 19.3 Å². The molecule has 1 aliphatic heterocycles. The van der Waals surface area contributed by atoms with Crippen LogP contribution in [0.25, 0.3) is 0 Å². The minimum atomic E-state index is 0.187. The Kier molecular flexibility index (Phi) is 6.22. The molecule has 0 N–H and O–H groups in total. The zero-order valence-electron chi connectivity index (χ0n) is 10.9. The van der Waals surface area contributed by atoms with Gasteiger partial charge in [0.2, 0.25) is 5.91 Å². The highest BCUT2D eigenvalue weighted by molar-refractivity contribution is 5.77. The Balaban J connectivity index is 2.62. The number of carbonyl (C=O) groups excluding carboxylic acids is 1. The van der Waals surface area contributed by atoms with Gasteiger partial charge in [-0.15, -0.1) is 6.58 Å². The van der Waals surface area contributed by atoms with Crippen LogP contribution in [0.15, 0.2) is 12.7 Å². The van der Waals surface area contributed by atoms with Crippen molar-refractivity contribution in [3.8, 4) is 0 Å². The lowest BCUT2D eigenvalue weighted by Gasteiger charge is -2.29. The van der Waals surface area contributed by atoms with Gasteiger partial charge in [-0.25, -0.2) is 0 Å². The molecule has 4 nitrogen and oxygen atoms in total. The van der Waals surface area contributed by atoms with Crippen LogP contribution in [-0.4, -0.2) is 50.3 Å². The zero-order chi connectivity index (χ0) is 12.7. The Labute approximate surface area is 104 Å². The fourth-order valence-electron chi connectivity index (χ4n) is 2.44. The standard InChI is InChI=1S/C13H23NO3/c1-4-5-6-13(15)14-11(9-16-2)7-8-12(14)10-17-3/h4,11-12H,1,5-10H2,2-3H3/t11-,12-/m1/s1. The summed E-state index contributed by atoms with van der Waals surface area (Å²) in [5, 5.41) is 0. The Hall–Kier alpha value is -0.870. The fraction of sp³-hybridized carbons (Fsp3) is 0.769. The van der Waals surface area contributed by atoms with Crippen molar-refractivity contribution in [3.05, 3.63) is 12.7 Å². The first-order valence-electron chi connectivity index (χ1n) is 6.14. The first-order chi connectivity index (χ1) is 8.24. The summed E-state index contributed by atoms with van der Waals surface area (Å²) in [6.07, 6.45) is 5.05. The number of rotatable bonds is 7. The quantitative estimate of drug-likeness (QED) is 0.636. The maximum atomic E-state index is 12.1. The molecule has 0 aromatic carbocycles. The minimum absolute atomic E-state index is 0.187. The molecular weight excluding hydrogens is 218 g/mol. The molecule has 0 aliphatic carbocycles. The van der Waals surface area contributed by atoms with Crippen molar-refractivity contribution < 1.29 is 14.3 Å². The van der Waals surface area contributed by atoms with E-state index in [0.29, 0.717) is 19.6 Å². The summed E-state index contributed by atoms with van der Waals surface area (Å²) in [6.45, 7) is 4.87. The number of likely N-dealkylation sites (tertiary alicyclic amines) is 1. The molecule has 0 saturated carbocycles. The maximum Gasteiger partial charge on any atom is 0.223 e.